The molecule has 1 aliphatic heterocycles. The van der Waals surface area contributed by atoms with E-state index in [1.165, 1.54) is 0 Å². The molecule has 0 aromatic heterocycles. The highest BCUT2D eigenvalue weighted by atomic mass is 16.5. The molecule has 1 aromatic rings. The zero-order valence-corrected chi connectivity index (χ0v) is 8.60. The van der Waals surface area contributed by atoms with Crippen molar-refractivity contribution < 1.29 is 9.84 Å². The lowest BCUT2D eigenvalue weighted by molar-refractivity contribution is 0.319. The van der Waals surface area contributed by atoms with Crippen molar-refractivity contribution in [3.05, 3.63) is 41.8 Å². The van der Waals surface area contributed by atoms with Gasteiger partial charge in [0.05, 0.1) is 13.0 Å². The zero-order chi connectivity index (χ0) is 10.7. The van der Waals surface area contributed by atoms with Crippen LogP contribution in [0.15, 0.2) is 41.2 Å². The summed E-state index contributed by atoms with van der Waals surface area (Å²) in [5, 5.41) is 9.65. The fourth-order valence-electron chi connectivity index (χ4n) is 1.58. The molecule has 0 bridgehead atoms. The van der Waals surface area contributed by atoms with Gasteiger partial charge in [-0.2, -0.15) is 4.99 Å². The lowest BCUT2D eigenvalue weighted by atomic mass is 10.1. The minimum atomic E-state index is 0.0738. The molecule has 1 aromatic carbocycles. The predicted molar refractivity (Wildman–Crippen MR) is 59.7 cm³/mol. The Morgan fingerprint density at radius 2 is 2.07 bits per heavy atom. The third kappa shape index (κ3) is 2.01. The molecule has 0 aliphatic carbocycles. The average molecular weight is 203 g/mol. The van der Waals surface area contributed by atoms with Gasteiger partial charge in [-0.3, -0.25) is 0 Å². The van der Waals surface area contributed by atoms with Crippen LogP contribution in [0.1, 0.15) is 18.9 Å². The molecule has 1 heterocycles. The number of benzene rings is 1. The molecule has 0 saturated carbocycles. The number of hydrogen-bond acceptors (Lipinski definition) is 3. The summed E-state index contributed by atoms with van der Waals surface area (Å²) in [6, 6.07) is 9.73. The molecule has 0 atom stereocenters. The quantitative estimate of drug-likeness (QED) is 0.803. The smallest absolute Gasteiger partial charge is 0.218 e. The lowest BCUT2D eigenvalue weighted by Gasteiger charge is -2.03. The van der Waals surface area contributed by atoms with Gasteiger partial charge < -0.3 is 9.84 Å². The van der Waals surface area contributed by atoms with E-state index in [9.17, 15) is 5.11 Å². The predicted octanol–water partition coefficient (Wildman–Crippen LogP) is 2.75. The maximum absolute atomic E-state index is 9.65. The molecule has 0 unspecified atom stereocenters. The Hall–Kier alpha value is -1.77. The van der Waals surface area contributed by atoms with Crippen LogP contribution in [0.4, 0.5) is 0 Å². The molecular formula is C12H13NO2. The second-order valence-corrected chi connectivity index (χ2v) is 3.28. The summed E-state index contributed by atoms with van der Waals surface area (Å²) in [5.41, 5.74) is 1.83. The topological polar surface area (TPSA) is 41.8 Å². The van der Waals surface area contributed by atoms with E-state index < -0.39 is 0 Å². The van der Waals surface area contributed by atoms with Crippen molar-refractivity contribution >= 4 is 11.5 Å². The summed E-state index contributed by atoms with van der Waals surface area (Å²) in [6.45, 7) is 2.48. The summed E-state index contributed by atoms with van der Waals surface area (Å²) in [5.74, 6) is 0.665. The van der Waals surface area contributed by atoms with E-state index in [1.54, 1.807) is 0 Å². The van der Waals surface area contributed by atoms with Crippen LogP contribution in [0, 0.1) is 0 Å². The van der Waals surface area contributed by atoms with Crippen LogP contribution in [-0.2, 0) is 4.74 Å². The molecule has 0 spiro atoms. The van der Waals surface area contributed by atoms with Crippen molar-refractivity contribution in [3.8, 4) is 0 Å². The zero-order valence-electron chi connectivity index (χ0n) is 8.60. The van der Waals surface area contributed by atoms with E-state index in [-0.39, 0.29) is 5.88 Å². The fraction of sp³-hybridized carbons (Fsp3) is 0.250. The van der Waals surface area contributed by atoms with E-state index in [1.807, 2.05) is 37.3 Å². The molecule has 0 radical (unpaired) electrons. The van der Waals surface area contributed by atoms with Gasteiger partial charge in [0.25, 0.3) is 0 Å². The van der Waals surface area contributed by atoms with Crippen molar-refractivity contribution in [2.75, 3.05) is 6.61 Å². The Morgan fingerprint density at radius 3 is 2.73 bits per heavy atom. The van der Waals surface area contributed by atoms with E-state index in [0.29, 0.717) is 18.9 Å². The molecule has 1 N–H and O–H groups in total. The summed E-state index contributed by atoms with van der Waals surface area (Å²) >= 11 is 0. The number of aliphatic imine (C=N–C) groups is 1. The Kier molecular flexibility index (Phi) is 2.72. The Balaban J connectivity index is 2.19. The Labute approximate surface area is 88.7 Å². The monoisotopic (exact) mass is 203 g/mol. The largest absolute Gasteiger partial charge is 0.493 e. The van der Waals surface area contributed by atoms with Crippen molar-refractivity contribution in [2.24, 2.45) is 4.99 Å². The third-order valence-corrected chi connectivity index (χ3v) is 2.26. The number of aliphatic hydroxyl groups excluding tert-OH is 1. The highest BCUT2D eigenvalue weighted by Crippen LogP contribution is 2.27. The van der Waals surface area contributed by atoms with Gasteiger partial charge in [-0.1, -0.05) is 30.3 Å². The van der Waals surface area contributed by atoms with Gasteiger partial charge in [-0.25, -0.2) is 0 Å². The van der Waals surface area contributed by atoms with Gasteiger partial charge >= 0.3 is 0 Å². The first kappa shape index (κ1) is 9.77. The number of nitrogens with zero attached hydrogens (tertiary/aromatic N) is 1. The Morgan fingerprint density at radius 1 is 1.33 bits per heavy atom. The third-order valence-electron chi connectivity index (χ3n) is 2.26. The summed E-state index contributed by atoms with van der Waals surface area (Å²) in [7, 11) is 0. The van der Waals surface area contributed by atoms with Gasteiger partial charge in [0.1, 0.15) is 0 Å². The molecule has 0 fully saturated rings. The van der Waals surface area contributed by atoms with Crippen LogP contribution >= 0.6 is 0 Å². The highest BCUT2D eigenvalue weighted by Gasteiger charge is 2.19. The summed E-state index contributed by atoms with van der Waals surface area (Å²) in [4.78, 5) is 3.97. The van der Waals surface area contributed by atoms with E-state index in [4.69, 9.17) is 4.74 Å². The van der Waals surface area contributed by atoms with Gasteiger partial charge in [-0.05, 0) is 12.5 Å². The van der Waals surface area contributed by atoms with Gasteiger partial charge in [0, 0.05) is 5.57 Å². The molecule has 2 rings (SSSR count). The second kappa shape index (κ2) is 4.17. The molecule has 78 valence electrons. The minimum absolute atomic E-state index is 0.0738. The summed E-state index contributed by atoms with van der Waals surface area (Å²) in [6.07, 6.45) is 0.573. The SMILES string of the molecule is CCOC1=NC(O)=C(c2ccccc2)C1. The first-order valence-electron chi connectivity index (χ1n) is 4.99. The van der Waals surface area contributed by atoms with Crippen LogP contribution in [0.5, 0.6) is 0 Å². The minimum Gasteiger partial charge on any atom is -0.493 e. The highest BCUT2D eigenvalue weighted by molar-refractivity contribution is 5.94. The number of ether oxygens (including phenoxy) is 1. The number of rotatable bonds is 2. The van der Waals surface area contributed by atoms with Crippen molar-refractivity contribution in [3.63, 3.8) is 0 Å². The molecule has 0 saturated heterocycles. The van der Waals surface area contributed by atoms with Gasteiger partial charge in [0.15, 0.2) is 5.90 Å². The van der Waals surface area contributed by atoms with Gasteiger partial charge in [-0.15, -0.1) is 0 Å². The maximum Gasteiger partial charge on any atom is 0.218 e. The average Bonchev–Trinajstić information content (AvgIpc) is 2.61. The van der Waals surface area contributed by atoms with Crippen LogP contribution in [0.2, 0.25) is 0 Å². The number of aliphatic hydroxyl groups is 1. The van der Waals surface area contributed by atoms with Crippen molar-refractivity contribution in [2.45, 2.75) is 13.3 Å². The molecule has 0 amide bonds. The van der Waals surface area contributed by atoms with Crippen molar-refractivity contribution in [1.29, 1.82) is 0 Å². The fourth-order valence-corrected chi connectivity index (χ4v) is 1.58. The summed E-state index contributed by atoms with van der Waals surface area (Å²) < 4.78 is 5.27. The van der Waals surface area contributed by atoms with Crippen LogP contribution < -0.4 is 0 Å². The molecule has 3 nitrogen and oxygen atoms in total. The standard InChI is InChI=1S/C12H13NO2/c1-2-15-11-8-10(12(14)13-11)9-6-4-3-5-7-9/h3-7,14H,2,8H2,1H3. The first-order chi connectivity index (χ1) is 7.31. The first-order valence-corrected chi connectivity index (χ1v) is 4.99. The molecule has 15 heavy (non-hydrogen) atoms. The molecule has 3 heteroatoms. The molecule has 1 aliphatic rings. The normalized spacial score (nSPS) is 15.4. The number of hydrogen-bond donors (Lipinski definition) is 1. The van der Waals surface area contributed by atoms with E-state index in [2.05, 4.69) is 4.99 Å². The maximum atomic E-state index is 9.65. The van der Waals surface area contributed by atoms with Crippen LogP contribution in [-0.4, -0.2) is 17.6 Å². The van der Waals surface area contributed by atoms with Gasteiger partial charge in [0.2, 0.25) is 5.88 Å². The van der Waals surface area contributed by atoms with Crippen LogP contribution in [0.25, 0.3) is 5.57 Å². The van der Waals surface area contributed by atoms with Crippen molar-refractivity contribution in [1.82, 2.24) is 0 Å². The van der Waals surface area contributed by atoms with E-state index >= 15 is 0 Å². The van der Waals surface area contributed by atoms with Crippen LogP contribution in [0.3, 0.4) is 0 Å². The molecular weight excluding hydrogens is 190 g/mol. The second-order valence-electron chi connectivity index (χ2n) is 3.28. The lowest BCUT2D eigenvalue weighted by Crippen LogP contribution is -2.01. The Bertz CT molecular complexity index is 407. The van der Waals surface area contributed by atoms with E-state index in [0.717, 1.165) is 11.1 Å².